The zero-order valence-electron chi connectivity index (χ0n) is 6.81. The van der Waals surface area contributed by atoms with Crippen LogP contribution in [0.15, 0.2) is 42.7 Å². The van der Waals surface area contributed by atoms with Crippen molar-refractivity contribution in [3.8, 4) is 5.69 Å². The Bertz CT molecular complexity index is 384. The van der Waals surface area contributed by atoms with Crippen LogP contribution in [-0.2, 0) is 0 Å². The lowest BCUT2D eigenvalue weighted by molar-refractivity contribution is 0.881. The fraction of sp³-hybridized carbons (Fsp3) is 0. The first kappa shape index (κ1) is 8.31. The average Bonchev–Trinajstić information content (AvgIpc) is 2.71. The Labute approximate surface area is 84.7 Å². The highest BCUT2D eigenvalue weighted by atomic mass is 79.9. The van der Waals surface area contributed by atoms with Gasteiger partial charge in [0.1, 0.15) is 0 Å². The molecule has 1 aromatic carbocycles. The van der Waals surface area contributed by atoms with Crippen molar-refractivity contribution in [2.75, 3.05) is 4.34 Å². The van der Waals surface area contributed by atoms with Gasteiger partial charge in [-0.05, 0) is 24.3 Å². The number of hydrogen-bond donors (Lipinski definition) is 1. The number of rotatable bonds is 2. The highest BCUT2D eigenvalue weighted by molar-refractivity contribution is 9.10. The topological polar surface area (TPSA) is 29.9 Å². The lowest BCUT2D eigenvalue weighted by Crippen LogP contribution is -1.94. The van der Waals surface area contributed by atoms with Gasteiger partial charge in [-0.15, -0.1) is 0 Å². The fourth-order valence-corrected chi connectivity index (χ4v) is 1.38. The lowest BCUT2D eigenvalue weighted by atomic mass is 10.3. The second kappa shape index (κ2) is 3.62. The molecule has 0 radical (unpaired) electrons. The van der Waals surface area contributed by atoms with Crippen LogP contribution in [0.1, 0.15) is 0 Å². The van der Waals surface area contributed by atoms with Crippen LogP contribution in [0.5, 0.6) is 0 Å². The van der Waals surface area contributed by atoms with Crippen LogP contribution in [0.2, 0.25) is 0 Å². The maximum absolute atomic E-state index is 4.14. The summed E-state index contributed by atoms with van der Waals surface area (Å²) < 4.78 is 4.71. The molecule has 0 unspecified atom stereocenters. The lowest BCUT2D eigenvalue weighted by Gasteiger charge is -2.03. The Morgan fingerprint density at radius 3 is 2.92 bits per heavy atom. The Kier molecular flexibility index (Phi) is 2.31. The summed E-state index contributed by atoms with van der Waals surface area (Å²) in [4.78, 5) is 0. The van der Waals surface area contributed by atoms with E-state index < -0.39 is 0 Å². The van der Waals surface area contributed by atoms with E-state index >= 15 is 0 Å². The van der Waals surface area contributed by atoms with E-state index in [2.05, 4.69) is 25.6 Å². The van der Waals surface area contributed by atoms with Crippen LogP contribution in [0, 0.1) is 0 Å². The van der Waals surface area contributed by atoms with Crippen LogP contribution in [0.25, 0.3) is 5.69 Å². The van der Waals surface area contributed by atoms with E-state index in [-0.39, 0.29) is 0 Å². The molecule has 66 valence electrons. The number of hydrogen-bond acceptors (Lipinski definition) is 2. The van der Waals surface area contributed by atoms with Gasteiger partial charge < -0.3 is 4.34 Å². The van der Waals surface area contributed by atoms with Crippen molar-refractivity contribution in [2.45, 2.75) is 0 Å². The fourth-order valence-electron chi connectivity index (χ4n) is 1.13. The minimum atomic E-state index is 1.01. The molecule has 2 aromatic rings. The zero-order chi connectivity index (χ0) is 9.10. The molecular weight excluding hydrogens is 230 g/mol. The van der Waals surface area contributed by atoms with Gasteiger partial charge in [0.15, 0.2) is 0 Å². The molecule has 4 heteroatoms. The summed E-state index contributed by atoms with van der Waals surface area (Å²) in [5.74, 6) is 0. The third-order valence-electron chi connectivity index (χ3n) is 1.72. The summed E-state index contributed by atoms with van der Waals surface area (Å²) in [6, 6.07) is 9.85. The van der Waals surface area contributed by atoms with E-state index in [4.69, 9.17) is 0 Å². The van der Waals surface area contributed by atoms with Crippen molar-refractivity contribution in [2.24, 2.45) is 0 Å². The van der Waals surface area contributed by atoms with Crippen LogP contribution in [0.3, 0.4) is 0 Å². The number of nitrogens with one attached hydrogen (secondary N) is 1. The molecule has 0 fully saturated rings. The first-order valence-corrected chi connectivity index (χ1v) is 4.66. The second-order valence-corrected chi connectivity index (χ2v) is 2.99. The number of aromatic nitrogens is 2. The van der Waals surface area contributed by atoms with Gasteiger partial charge in [0, 0.05) is 34.2 Å². The second-order valence-electron chi connectivity index (χ2n) is 2.60. The van der Waals surface area contributed by atoms with Gasteiger partial charge in [-0.2, -0.15) is 5.10 Å². The normalized spacial score (nSPS) is 9.92. The molecular formula is C9H8BrN3. The van der Waals surface area contributed by atoms with Crippen molar-refractivity contribution < 1.29 is 0 Å². The molecule has 0 atom stereocenters. The van der Waals surface area contributed by atoms with Gasteiger partial charge in [0.05, 0.1) is 5.69 Å². The molecule has 0 saturated heterocycles. The highest BCUT2D eigenvalue weighted by Gasteiger charge is 1.96. The maximum atomic E-state index is 4.14. The molecule has 0 bridgehead atoms. The number of nitrogens with zero attached hydrogens (tertiary/aromatic N) is 2. The zero-order valence-corrected chi connectivity index (χ0v) is 8.40. The molecule has 3 nitrogen and oxygen atoms in total. The predicted molar refractivity (Wildman–Crippen MR) is 56.1 cm³/mol. The molecule has 13 heavy (non-hydrogen) atoms. The molecule has 1 aromatic heterocycles. The van der Waals surface area contributed by atoms with E-state index in [1.54, 1.807) is 6.20 Å². The Balaban J connectivity index is 2.41. The molecule has 1 heterocycles. The van der Waals surface area contributed by atoms with E-state index in [9.17, 15) is 0 Å². The Morgan fingerprint density at radius 1 is 1.31 bits per heavy atom. The van der Waals surface area contributed by atoms with E-state index in [1.165, 1.54) is 0 Å². The van der Waals surface area contributed by atoms with Gasteiger partial charge in [-0.3, -0.25) is 0 Å². The standard InChI is InChI=1S/C9H8BrN3/c10-12-8-3-1-4-9(7-8)13-6-2-5-11-13/h1-7,12H. The van der Waals surface area contributed by atoms with Crippen molar-refractivity contribution in [1.29, 1.82) is 0 Å². The summed E-state index contributed by atoms with van der Waals surface area (Å²) in [7, 11) is 0. The van der Waals surface area contributed by atoms with Gasteiger partial charge >= 0.3 is 0 Å². The average molecular weight is 238 g/mol. The van der Waals surface area contributed by atoms with Crippen molar-refractivity contribution in [3.05, 3.63) is 42.7 Å². The highest BCUT2D eigenvalue weighted by Crippen LogP contribution is 2.14. The quantitative estimate of drug-likeness (QED) is 0.815. The smallest absolute Gasteiger partial charge is 0.0666 e. The van der Waals surface area contributed by atoms with Gasteiger partial charge in [-0.25, -0.2) is 4.68 Å². The summed E-state index contributed by atoms with van der Waals surface area (Å²) >= 11 is 3.18. The Hall–Kier alpha value is -1.29. The minimum absolute atomic E-state index is 1.01. The van der Waals surface area contributed by atoms with Gasteiger partial charge in [0.2, 0.25) is 0 Å². The van der Waals surface area contributed by atoms with Crippen molar-refractivity contribution in [1.82, 2.24) is 9.78 Å². The van der Waals surface area contributed by atoms with E-state index in [1.807, 2.05) is 41.2 Å². The van der Waals surface area contributed by atoms with Gasteiger partial charge in [0.25, 0.3) is 0 Å². The first-order valence-electron chi connectivity index (χ1n) is 3.87. The van der Waals surface area contributed by atoms with E-state index in [0.717, 1.165) is 11.4 Å². The third kappa shape index (κ3) is 1.72. The molecule has 0 spiro atoms. The van der Waals surface area contributed by atoms with Crippen LogP contribution < -0.4 is 4.34 Å². The summed E-state index contributed by atoms with van der Waals surface area (Å²) in [6.07, 6.45) is 3.67. The molecule has 0 aliphatic rings. The third-order valence-corrected chi connectivity index (χ3v) is 2.18. The summed E-state index contributed by atoms with van der Waals surface area (Å²) in [5.41, 5.74) is 2.04. The molecule has 0 aliphatic carbocycles. The minimum Gasteiger partial charge on any atom is -0.322 e. The number of anilines is 1. The first-order chi connectivity index (χ1) is 6.40. The van der Waals surface area contributed by atoms with Crippen molar-refractivity contribution in [3.63, 3.8) is 0 Å². The largest absolute Gasteiger partial charge is 0.322 e. The monoisotopic (exact) mass is 237 g/mol. The maximum Gasteiger partial charge on any atom is 0.0666 e. The van der Waals surface area contributed by atoms with Crippen LogP contribution in [0.4, 0.5) is 5.69 Å². The predicted octanol–water partition coefficient (Wildman–Crippen LogP) is 2.59. The summed E-state index contributed by atoms with van der Waals surface area (Å²) in [5, 5.41) is 4.14. The number of benzene rings is 1. The molecule has 2 rings (SSSR count). The molecule has 0 amide bonds. The van der Waals surface area contributed by atoms with Crippen LogP contribution >= 0.6 is 16.1 Å². The SMILES string of the molecule is BrNc1cccc(-n2cccn2)c1. The van der Waals surface area contributed by atoms with Gasteiger partial charge in [-0.1, -0.05) is 6.07 Å². The summed E-state index contributed by atoms with van der Waals surface area (Å²) in [6.45, 7) is 0. The molecule has 1 N–H and O–H groups in total. The molecule has 0 saturated carbocycles. The van der Waals surface area contributed by atoms with E-state index in [0.29, 0.717) is 0 Å². The van der Waals surface area contributed by atoms with Crippen LogP contribution in [-0.4, -0.2) is 9.78 Å². The Morgan fingerprint density at radius 2 is 2.23 bits per heavy atom. The van der Waals surface area contributed by atoms with Crippen molar-refractivity contribution >= 4 is 21.8 Å². The number of halogens is 1. The molecule has 0 aliphatic heterocycles.